The molecule has 0 bridgehead atoms. The fourth-order valence-electron chi connectivity index (χ4n) is 1.85. The molecule has 1 fully saturated rings. The van der Waals surface area contributed by atoms with Crippen LogP contribution in [0.2, 0.25) is 0 Å². The third-order valence-corrected chi connectivity index (χ3v) is 2.45. The Hall–Kier alpha value is -0.300. The number of methoxy groups -OCH3 is 1. The van der Waals surface area contributed by atoms with Gasteiger partial charge in [0.25, 0.3) is 0 Å². The van der Waals surface area contributed by atoms with Gasteiger partial charge in [0.15, 0.2) is 0 Å². The van der Waals surface area contributed by atoms with Crippen LogP contribution in [0.15, 0.2) is 12.2 Å². The number of hydrogen-bond acceptors (Lipinski definition) is 1. The maximum absolute atomic E-state index is 5.26. The van der Waals surface area contributed by atoms with E-state index < -0.39 is 0 Å². The first-order valence-corrected chi connectivity index (χ1v) is 3.63. The molecule has 3 atom stereocenters. The van der Waals surface area contributed by atoms with Gasteiger partial charge in [-0.2, -0.15) is 0 Å². The van der Waals surface area contributed by atoms with E-state index in [1.807, 2.05) is 7.11 Å². The molecule has 1 heteroatoms. The normalized spacial score (nSPS) is 46.6. The minimum atomic E-state index is 0.573. The van der Waals surface area contributed by atoms with E-state index in [-0.39, 0.29) is 0 Å². The van der Waals surface area contributed by atoms with E-state index in [1.54, 1.807) is 0 Å². The van der Waals surface area contributed by atoms with E-state index in [9.17, 15) is 0 Å². The largest absolute Gasteiger partial charge is 0.381 e. The van der Waals surface area contributed by atoms with Crippen molar-refractivity contribution in [2.24, 2.45) is 11.8 Å². The van der Waals surface area contributed by atoms with Crippen LogP contribution in [0.1, 0.15) is 12.8 Å². The van der Waals surface area contributed by atoms with Gasteiger partial charge in [0.1, 0.15) is 0 Å². The molecular formula is C8H12O. The summed E-state index contributed by atoms with van der Waals surface area (Å²) < 4.78 is 5.26. The SMILES string of the molecule is CO[C@@H]1[C@H]2C=CCC[C@@H]21. The van der Waals surface area contributed by atoms with Gasteiger partial charge in [0.2, 0.25) is 0 Å². The van der Waals surface area contributed by atoms with Crippen molar-refractivity contribution in [2.75, 3.05) is 7.11 Å². The minimum absolute atomic E-state index is 0.573. The molecule has 0 unspecified atom stereocenters. The zero-order valence-electron chi connectivity index (χ0n) is 5.71. The van der Waals surface area contributed by atoms with Crippen molar-refractivity contribution >= 4 is 0 Å². The van der Waals surface area contributed by atoms with Gasteiger partial charge < -0.3 is 4.74 Å². The molecule has 0 radical (unpaired) electrons. The zero-order chi connectivity index (χ0) is 6.27. The number of ether oxygens (including phenoxy) is 1. The second-order valence-electron chi connectivity index (χ2n) is 2.95. The van der Waals surface area contributed by atoms with Crippen LogP contribution >= 0.6 is 0 Å². The highest BCUT2D eigenvalue weighted by Crippen LogP contribution is 2.48. The van der Waals surface area contributed by atoms with Crippen molar-refractivity contribution in [1.29, 1.82) is 0 Å². The van der Waals surface area contributed by atoms with Crippen LogP contribution in [-0.4, -0.2) is 13.2 Å². The lowest BCUT2D eigenvalue weighted by molar-refractivity contribution is 0.163. The molecule has 0 aromatic heterocycles. The molecule has 0 heterocycles. The molecule has 0 amide bonds. The average molecular weight is 124 g/mol. The summed E-state index contributed by atoms with van der Waals surface area (Å²) in [5.41, 5.74) is 0. The number of rotatable bonds is 1. The van der Waals surface area contributed by atoms with E-state index in [2.05, 4.69) is 12.2 Å². The highest BCUT2D eigenvalue weighted by Gasteiger charge is 2.49. The maximum Gasteiger partial charge on any atom is 0.0672 e. The van der Waals surface area contributed by atoms with Crippen LogP contribution in [0.3, 0.4) is 0 Å². The monoisotopic (exact) mass is 124 g/mol. The summed E-state index contributed by atoms with van der Waals surface area (Å²) in [5, 5.41) is 0. The third-order valence-electron chi connectivity index (χ3n) is 2.45. The van der Waals surface area contributed by atoms with E-state index in [0.717, 1.165) is 11.8 Å². The number of hydrogen-bond donors (Lipinski definition) is 0. The molecular weight excluding hydrogens is 112 g/mol. The molecule has 2 aliphatic rings. The lowest BCUT2D eigenvalue weighted by Gasteiger charge is -1.96. The first-order valence-electron chi connectivity index (χ1n) is 3.63. The molecule has 0 aromatic rings. The summed E-state index contributed by atoms with van der Waals surface area (Å²) in [5.74, 6) is 1.66. The van der Waals surface area contributed by atoms with E-state index in [4.69, 9.17) is 4.74 Å². The van der Waals surface area contributed by atoms with Crippen LogP contribution in [-0.2, 0) is 4.74 Å². The second-order valence-corrected chi connectivity index (χ2v) is 2.95. The Balaban J connectivity index is 2.02. The quantitative estimate of drug-likeness (QED) is 0.482. The van der Waals surface area contributed by atoms with Crippen molar-refractivity contribution in [3.63, 3.8) is 0 Å². The predicted molar refractivity (Wildman–Crippen MR) is 36.2 cm³/mol. The Labute approximate surface area is 55.7 Å². The Bertz CT molecular complexity index is 136. The number of allylic oxidation sites excluding steroid dienone is 1. The third kappa shape index (κ3) is 0.715. The van der Waals surface area contributed by atoms with Crippen molar-refractivity contribution < 1.29 is 4.74 Å². The van der Waals surface area contributed by atoms with Gasteiger partial charge in [-0.05, 0) is 18.8 Å². The highest BCUT2D eigenvalue weighted by atomic mass is 16.5. The van der Waals surface area contributed by atoms with Crippen LogP contribution in [0.5, 0.6) is 0 Å². The zero-order valence-corrected chi connectivity index (χ0v) is 5.71. The van der Waals surface area contributed by atoms with Crippen LogP contribution < -0.4 is 0 Å². The minimum Gasteiger partial charge on any atom is -0.381 e. The van der Waals surface area contributed by atoms with Gasteiger partial charge in [-0.3, -0.25) is 0 Å². The molecule has 9 heavy (non-hydrogen) atoms. The smallest absolute Gasteiger partial charge is 0.0672 e. The Kier molecular flexibility index (Phi) is 1.12. The van der Waals surface area contributed by atoms with Crippen molar-refractivity contribution in [3.8, 4) is 0 Å². The summed E-state index contributed by atoms with van der Waals surface area (Å²) in [6.07, 6.45) is 7.77. The average Bonchev–Trinajstić information content (AvgIpc) is 2.60. The van der Waals surface area contributed by atoms with Gasteiger partial charge in [0, 0.05) is 13.0 Å². The summed E-state index contributed by atoms with van der Waals surface area (Å²) >= 11 is 0. The number of fused-ring (bicyclic) bond motifs is 1. The van der Waals surface area contributed by atoms with Crippen molar-refractivity contribution in [2.45, 2.75) is 18.9 Å². The Morgan fingerprint density at radius 3 is 3.00 bits per heavy atom. The van der Waals surface area contributed by atoms with Crippen molar-refractivity contribution in [3.05, 3.63) is 12.2 Å². The van der Waals surface area contributed by atoms with Gasteiger partial charge in [-0.15, -0.1) is 0 Å². The predicted octanol–water partition coefficient (Wildman–Crippen LogP) is 1.60. The fourth-order valence-corrected chi connectivity index (χ4v) is 1.85. The lowest BCUT2D eigenvalue weighted by Crippen LogP contribution is -1.89. The standard InChI is InChI=1S/C8H12O/c1-9-8-6-4-2-3-5-7(6)8/h2,4,6-8H,3,5H2,1H3/t6-,7-,8+/m0/s1. The first kappa shape index (κ1) is 5.48. The van der Waals surface area contributed by atoms with E-state index in [0.29, 0.717) is 6.10 Å². The van der Waals surface area contributed by atoms with Gasteiger partial charge in [0.05, 0.1) is 6.10 Å². The van der Waals surface area contributed by atoms with Crippen LogP contribution in [0.25, 0.3) is 0 Å². The summed E-state index contributed by atoms with van der Waals surface area (Å²) in [6, 6.07) is 0. The summed E-state index contributed by atoms with van der Waals surface area (Å²) in [6.45, 7) is 0. The fraction of sp³-hybridized carbons (Fsp3) is 0.750. The van der Waals surface area contributed by atoms with Crippen LogP contribution in [0, 0.1) is 11.8 Å². The molecule has 1 nitrogen and oxygen atoms in total. The lowest BCUT2D eigenvalue weighted by atomic mass is 10.1. The molecule has 50 valence electrons. The second kappa shape index (κ2) is 1.84. The molecule has 2 rings (SSSR count). The van der Waals surface area contributed by atoms with Gasteiger partial charge in [-0.25, -0.2) is 0 Å². The maximum atomic E-state index is 5.26. The molecule has 0 aliphatic heterocycles. The van der Waals surface area contributed by atoms with Gasteiger partial charge in [-0.1, -0.05) is 12.2 Å². The molecule has 0 spiro atoms. The van der Waals surface area contributed by atoms with Gasteiger partial charge >= 0.3 is 0 Å². The summed E-state index contributed by atoms with van der Waals surface area (Å²) in [7, 11) is 1.82. The molecule has 2 aliphatic carbocycles. The summed E-state index contributed by atoms with van der Waals surface area (Å²) in [4.78, 5) is 0. The van der Waals surface area contributed by atoms with Crippen LogP contribution in [0.4, 0.5) is 0 Å². The Morgan fingerprint density at radius 1 is 1.56 bits per heavy atom. The van der Waals surface area contributed by atoms with E-state index >= 15 is 0 Å². The molecule has 0 aromatic carbocycles. The highest BCUT2D eigenvalue weighted by molar-refractivity contribution is 5.13. The molecule has 1 saturated carbocycles. The first-order chi connectivity index (χ1) is 4.43. The molecule has 0 N–H and O–H groups in total. The molecule has 0 saturated heterocycles. The van der Waals surface area contributed by atoms with Crippen molar-refractivity contribution in [1.82, 2.24) is 0 Å². The van der Waals surface area contributed by atoms with E-state index in [1.165, 1.54) is 12.8 Å². The topological polar surface area (TPSA) is 9.23 Å². The Morgan fingerprint density at radius 2 is 2.44 bits per heavy atom.